The van der Waals surface area contributed by atoms with Crippen LogP contribution in [-0.4, -0.2) is 49.0 Å². The molecule has 2 aromatic rings. The lowest BCUT2D eigenvalue weighted by molar-refractivity contribution is 0.112. The van der Waals surface area contributed by atoms with Crippen molar-refractivity contribution >= 4 is 40.0 Å². The summed E-state index contributed by atoms with van der Waals surface area (Å²) in [5, 5.41) is 5.37. The molecule has 24 heavy (non-hydrogen) atoms. The van der Waals surface area contributed by atoms with Gasteiger partial charge in [-0.15, -0.1) is 11.3 Å². The highest BCUT2D eigenvalue weighted by Gasteiger charge is 2.20. The molecule has 1 aliphatic rings. The number of thiophene rings is 1. The van der Waals surface area contributed by atoms with Gasteiger partial charge in [0.15, 0.2) is 11.4 Å². The van der Waals surface area contributed by atoms with E-state index in [0.717, 1.165) is 55.4 Å². The molecule has 0 bridgehead atoms. The van der Waals surface area contributed by atoms with Crippen LogP contribution in [0.4, 0.5) is 5.00 Å². The largest absolute Gasteiger partial charge is 0.362 e. The number of aldehydes is 1. The third-order valence-electron chi connectivity index (χ3n) is 4.14. The van der Waals surface area contributed by atoms with Gasteiger partial charge in [0.2, 0.25) is 0 Å². The lowest BCUT2D eigenvalue weighted by Gasteiger charge is -2.36. The van der Waals surface area contributed by atoms with E-state index in [-0.39, 0.29) is 0 Å². The van der Waals surface area contributed by atoms with Crippen LogP contribution in [0.5, 0.6) is 0 Å². The molecule has 1 aromatic heterocycles. The molecule has 0 unspecified atom stereocenters. The number of thiocarbonyl (C=S) groups is 1. The maximum absolute atomic E-state index is 10.8. The van der Waals surface area contributed by atoms with Crippen molar-refractivity contribution < 1.29 is 4.79 Å². The Kier molecular flexibility index (Phi) is 5.82. The highest BCUT2D eigenvalue weighted by molar-refractivity contribution is 7.80. The van der Waals surface area contributed by atoms with Gasteiger partial charge >= 0.3 is 0 Å². The third kappa shape index (κ3) is 4.33. The smallest absolute Gasteiger partial charge is 0.169 e. The Labute approximate surface area is 152 Å². The monoisotopic (exact) mass is 359 g/mol. The Hall–Kier alpha value is -1.92. The summed E-state index contributed by atoms with van der Waals surface area (Å²) < 4.78 is 0. The van der Waals surface area contributed by atoms with Crippen molar-refractivity contribution in [1.29, 1.82) is 0 Å². The van der Waals surface area contributed by atoms with Gasteiger partial charge < -0.3 is 15.1 Å². The second-order valence-corrected chi connectivity index (χ2v) is 7.22. The van der Waals surface area contributed by atoms with Crippen molar-refractivity contribution in [3.05, 3.63) is 52.9 Å². The molecule has 0 amide bonds. The molecule has 1 N–H and O–H groups in total. The van der Waals surface area contributed by atoms with E-state index in [9.17, 15) is 4.79 Å². The lowest BCUT2D eigenvalue weighted by atomic mass is 10.1. The molecular formula is C18H21N3OS2. The molecular weight excluding hydrogens is 338 g/mol. The summed E-state index contributed by atoms with van der Waals surface area (Å²) in [6.45, 7) is 4.53. The zero-order valence-corrected chi connectivity index (χ0v) is 15.1. The second-order valence-electron chi connectivity index (χ2n) is 5.74. The van der Waals surface area contributed by atoms with E-state index in [4.69, 9.17) is 12.2 Å². The van der Waals surface area contributed by atoms with Crippen molar-refractivity contribution in [1.82, 2.24) is 10.2 Å². The maximum atomic E-state index is 10.8. The fourth-order valence-electron chi connectivity index (χ4n) is 2.78. The SMILES string of the molecule is O=Cc1ccc(N2CCN(C(=S)NCCc3ccccc3)CC2)s1. The summed E-state index contributed by atoms with van der Waals surface area (Å²) in [6.07, 6.45) is 1.89. The normalized spacial score (nSPS) is 14.5. The maximum Gasteiger partial charge on any atom is 0.169 e. The first-order chi connectivity index (χ1) is 11.8. The lowest BCUT2D eigenvalue weighted by Crippen LogP contribution is -2.51. The summed E-state index contributed by atoms with van der Waals surface area (Å²) in [5.74, 6) is 0. The number of benzene rings is 1. The van der Waals surface area contributed by atoms with Crippen LogP contribution >= 0.6 is 23.6 Å². The summed E-state index contributed by atoms with van der Waals surface area (Å²) in [4.78, 5) is 16.1. The summed E-state index contributed by atoms with van der Waals surface area (Å²) in [7, 11) is 0. The van der Waals surface area contributed by atoms with Crippen molar-refractivity contribution in [2.45, 2.75) is 6.42 Å². The number of carbonyl (C=O) groups is 1. The van der Waals surface area contributed by atoms with Crippen molar-refractivity contribution in [2.75, 3.05) is 37.6 Å². The van der Waals surface area contributed by atoms with Crippen molar-refractivity contribution in [2.24, 2.45) is 0 Å². The van der Waals surface area contributed by atoms with Crippen LogP contribution in [0.2, 0.25) is 0 Å². The van der Waals surface area contributed by atoms with E-state index in [1.54, 1.807) is 11.3 Å². The molecule has 0 spiro atoms. The van der Waals surface area contributed by atoms with Gasteiger partial charge in [0, 0.05) is 32.7 Å². The van der Waals surface area contributed by atoms with Gasteiger partial charge in [-0.25, -0.2) is 0 Å². The average Bonchev–Trinajstić information content (AvgIpc) is 3.12. The van der Waals surface area contributed by atoms with E-state index in [2.05, 4.69) is 39.4 Å². The molecule has 1 saturated heterocycles. The van der Waals surface area contributed by atoms with Crippen LogP contribution in [0, 0.1) is 0 Å². The predicted molar refractivity (Wildman–Crippen MR) is 104 cm³/mol. The van der Waals surface area contributed by atoms with Gasteiger partial charge in [0.05, 0.1) is 9.88 Å². The first kappa shape index (κ1) is 16.9. The molecule has 2 heterocycles. The number of piperazine rings is 1. The number of nitrogens with zero attached hydrogens (tertiary/aromatic N) is 2. The quantitative estimate of drug-likeness (QED) is 0.656. The fraction of sp³-hybridized carbons (Fsp3) is 0.333. The molecule has 4 nitrogen and oxygen atoms in total. The molecule has 1 aromatic carbocycles. The first-order valence-corrected chi connectivity index (χ1v) is 9.35. The molecule has 126 valence electrons. The van der Waals surface area contributed by atoms with E-state index in [0.29, 0.717) is 0 Å². The Bertz CT molecular complexity index is 679. The first-order valence-electron chi connectivity index (χ1n) is 8.13. The number of nitrogens with one attached hydrogen (secondary N) is 1. The number of anilines is 1. The number of hydrogen-bond acceptors (Lipinski definition) is 4. The topological polar surface area (TPSA) is 35.6 Å². The Morgan fingerprint density at radius 2 is 1.88 bits per heavy atom. The van der Waals surface area contributed by atoms with Crippen LogP contribution in [0.3, 0.4) is 0 Å². The zero-order valence-electron chi connectivity index (χ0n) is 13.5. The van der Waals surface area contributed by atoms with Crippen molar-refractivity contribution in [3.8, 4) is 0 Å². The van der Waals surface area contributed by atoms with Gasteiger partial charge in [-0.3, -0.25) is 4.79 Å². The molecule has 6 heteroatoms. The average molecular weight is 360 g/mol. The van der Waals surface area contributed by atoms with Crippen LogP contribution in [-0.2, 0) is 6.42 Å². The van der Waals surface area contributed by atoms with E-state index >= 15 is 0 Å². The van der Waals surface area contributed by atoms with Gasteiger partial charge in [-0.05, 0) is 36.3 Å². The van der Waals surface area contributed by atoms with Crippen LogP contribution in [0.1, 0.15) is 15.2 Å². The third-order valence-corrected chi connectivity index (χ3v) is 5.61. The van der Waals surface area contributed by atoms with E-state index in [1.807, 2.05) is 18.2 Å². The van der Waals surface area contributed by atoms with Gasteiger partial charge in [0.25, 0.3) is 0 Å². The molecule has 0 radical (unpaired) electrons. The number of carbonyl (C=O) groups excluding carboxylic acids is 1. The van der Waals surface area contributed by atoms with Gasteiger partial charge in [0.1, 0.15) is 0 Å². The number of hydrogen-bond donors (Lipinski definition) is 1. The predicted octanol–water partition coefficient (Wildman–Crippen LogP) is 2.80. The van der Waals surface area contributed by atoms with E-state index in [1.165, 1.54) is 10.6 Å². The van der Waals surface area contributed by atoms with Crippen LogP contribution in [0.25, 0.3) is 0 Å². The molecule has 0 aliphatic carbocycles. The summed E-state index contributed by atoms with van der Waals surface area (Å²) in [5.41, 5.74) is 1.32. The standard InChI is InChI=1S/C18H21N3OS2/c22-14-16-6-7-17(24-16)20-10-12-21(13-11-20)18(23)19-9-8-15-4-2-1-3-5-15/h1-7,14H,8-13H2,(H,19,23). The molecule has 1 fully saturated rings. The highest BCUT2D eigenvalue weighted by atomic mass is 32.1. The highest BCUT2D eigenvalue weighted by Crippen LogP contribution is 2.25. The van der Waals surface area contributed by atoms with Crippen LogP contribution < -0.4 is 10.2 Å². The minimum atomic E-state index is 0.783. The summed E-state index contributed by atoms with van der Waals surface area (Å²) >= 11 is 7.07. The molecule has 0 saturated carbocycles. The van der Waals surface area contributed by atoms with Crippen molar-refractivity contribution in [3.63, 3.8) is 0 Å². The Balaban J connectivity index is 1.42. The van der Waals surface area contributed by atoms with Gasteiger partial charge in [-0.1, -0.05) is 30.3 Å². The van der Waals surface area contributed by atoms with Gasteiger partial charge in [-0.2, -0.15) is 0 Å². The fourth-order valence-corrected chi connectivity index (χ4v) is 3.93. The zero-order chi connectivity index (χ0) is 16.8. The molecule has 3 rings (SSSR count). The minimum absolute atomic E-state index is 0.783. The molecule has 0 atom stereocenters. The van der Waals surface area contributed by atoms with E-state index < -0.39 is 0 Å². The minimum Gasteiger partial charge on any atom is -0.362 e. The van der Waals surface area contributed by atoms with Crippen LogP contribution in [0.15, 0.2) is 42.5 Å². The Morgan fingerprint density at radius 3 is 2.54 bits per heavy atom. The Morgan fingerprint density at radius 1 is 1.12 bits per heavy atom. The molecule has 1 aliphatic heterocycles. The summed E-state index contributed by atoms with van der Waals surface area (Å²) in [6, 6.07) is 14.3. The second kappa shape index (κ2) is 8.26. The number of rotatable bonds is 5.